The molecule has 5 heteroatoms. The van der Waals surface area contributed by atoms with Gasteiger partial charge in [-0.3, -0.25) is 4.68 Å². The Bertz CT molecular complexity index is 498. The number of aliphatic hydroxyl groups excluding tert-OH is 1. The number of hydrogen-bond donors (Lipinski definition) is 1. The summed E-state index contributed by atoms with van der Waals surface area (Å²) in [7, 11) is 0. The summed E-state index contributed by atoms with van der Waals surface area (Å²) < 4.78 is 15.1. The van der Waals surface area contributed by atoms with Crippen LogP contribution in [0, 0.1) is 5.82 Å². The van der Waals surface area contributed by atoms with Gasteiger partial charge in [-0.15, -0.1) is 0 Å². The van der Waals surface area contributed by atoms with Gasteiger partial charge in [0.2, 0.25) is 0 Å². The van der Waals surface area contributed by atoms with Crippen molar-refractivity contribution in [1.82, 2.24) is 9.78 Å². The molecule has 0 aliphatic carbocycles. The van der Waals surface area contributed by atoms with E-state index >= 15 is 0 Å². The second kappa shape index (κ2) is 4.76. The molecular formula is C11H10BrFN2O. The topological polar surface area (TPSA) is 38.1 Å². The molecule has 0 saturated carbocycles. The standard InChI is InChI=1S/C11H10BrFN2O/c12-10-3-8(1-2-11(10)13)5-15-6-9(7-16)4-14-15/h1-4,6,16H,5,7H2. The Hall–Kier alpha value is -1.20. The highest BCUT2D eigenvalue weighted by Crippen LogP contribution is 2.17. The Balaban J connectivity index is 2.17. The molecule has 0 saturated heterocycles. The maximum Gasteiger partial charge on any atom is 0.137 e. The molecule has 1 aromatic heterocycles. The van der Waals surface area contributed by atoms with Crippen LogP contribution in [0.5, 0.6) is 0 Å². The fourth-order valence-electron chi connectivity index (χ4n) is 1.40. The Morgan fingerprint density at radius 1 is 1.38 bits per heavy atom. The molecule has 0 aliphatic heterocycles. The van der Waals surface area contributed by atoms with Gasteiger partial charge in [-0.2, -0.15) is 5.10 Å². The lowest BCUT2D eigenvalue weighted by atomic mass is 10.2. The molecule has 16 heavy (non-hydrogen) atoms. The van der Waals surface area contributed by atoms with E-state index in [0.29, 0.717) is 11.0 Å². The summed E-state index contributed by atoms with van der Waals surface area (Å²) in [5.74, 6) is -0.278. The maximum absolute atomic E-state index is 13.0. The maximum atomic E-state index is 13.0. The summed E-state index contributed by atoms with van der Waals surface area (Å²) >= 11 is 3.13. The van der Waals surface area contributed by atoms with Gasteiger partial charge in [0.1, 0.15) is 5.82 Å². The quantitative estimate of drug-likeness (QED) is 0.940. The third-order valence-electron chi connectivity index (χ3n) is 2.20. The Morgan fingerprint density at radius 2 is 2.19 bits per heavy atom. The first-order valence-corrected chi connectivity index (χ1v) is 5.54. The summed E-state index contributed by atoms with van der Waals surface area (Å²) in [6.45, 7) is 0.534. The molecular weight excluding hydrogens is 275 g/mol. The van der Waals surface area contributed by atoms with Gasteiger partial charge in [0.15, 0.2) is 0 Å². The van der Waals surface area contributed by atoms with Crippen LogP contribution in [0.2, 0.25) is 0 Å². The lowest BCUT2D eigenvalue weighted by Crippen LogP contribution is -2.00. The smallest absolute Gasteiger partial charge is 0.137 e. The van der Waals surface area contributed by atoms with Gasteiger partial charge >= 0.3 is 0 Å². The predicted octanol–water partition coefficient (Wildman–Crippen LogP) is 2.33. The van der Waals surface area contributed by atoms with Crippen molar-refractivity contribution in [3.8, 4) is 0 Å². The molecule has 2 aromatic rings. The number of aliphatic hydroxyl groups is 1. The van der Waals surface area contributed by atoms with E-state index in [1.165, 1.54) is 6.07 Å². The minimum atomic E-state index is -0.278. The first-order valence-electron chi connectivity index (χ1n) is 4.75. The van der Waals surface area contributed by atoms with Crippen molar-refractivity contribution < 1.29 is 9.50 Å². The molecule has 0 radical (unpaired) electrons. The molecule has 0 fully saturated rings. The number of nitrogens with zero attached hydrogens (tertiary/aromatic N) is 2. The van der Waals surface area contributed by atoms with Crippen LogP contribution in [-0.4, -0.2) is 14.9 Å². The summed E-state index contributed by atoms with van der Waals surface area (Å²) in [6.07, 6.45) is 3.37. The summed E-state index contributed by atoms with van der Waals surface area (Å²) in [6, 6.07) is 4.84. The number of hydrogen-bond acceptors (Lipinski definition) is 2. The van der Waals surface area contributed by atoms with Gasteiger partial charge in [-0.25, -0.2) is 4.39 Å². The van der Waals surface area contributed by atoms with Crippen LogP contribution in [0.4, 0.5) is 4.39 Å². The summed E-state index contributed by atoms with van der Waals surface area (Å²) in [5, 5.41) is 13.0. The molecule has 0 aliphatic rings. The lowest BCUT2D eigenvalue weighted by Gasteiger charge is -2.03. The van der Waals surface area contributed by atoms with Crippen LogP contribution in [0.15, 0.2) is 35.1 Å². The van der Waals surface area contributed by atoms with Crippen molar-refractivity contribution in [1.29, 1.82) is 0 Å². The third kappa shape index (κ3) is 2.48. The Morgan fingerprint density at radius 3 is 2.81 bits per heavy atom. The number of rotatable bonds is 3. The molecule has 1 aromatic carbocycles. The highest BCUT2D eigenvalue weighted by molar-refractivity contribution is 9.10. The molecule has 84 valence electrons. The third-order valence-corrected chi connectivity index (χ3v) is 2.81. The van der Waals surface area contributed by atoms with Crippen molar-refractivity contribution in [3.63, 3.8) is 0 Å². The van der Waals surface area contributed by atoms with Gasteiger partial charge in [-0.1, -0.05) is 6.07 Å². The van der Waals surface area contributed by atoms with Crippen molar-refractivity contribution in [2.45, 2.75) is 13.2 Å². The predicted molar refractivity (Wildman–Crippen MR) is 61.4 cm³/mol. The number of halogens is 2. The summed E-state index contributed by atoms with van der Waals surface area (Å²) in [5.41, 5.74) is 1.71. The average molecular weight is 285 g/mol. The van der Waals surface area contributed by atoms with Crippen LogP contribution < -0.4 is 0 Å². The lowest BCUT2D eigenvalue weighted by molar-refractivity contribution is 0.281. The largest absolute Gasteiger partial charge is 0.392 e. The number of benzene rings is 1. The van der Waals surface area contributed by atoms with Crippen molar-refractivity contribution in [2.24, 2.45) is 0 Å². The molecule has 0 amide bonds. The fourth-order valence-corrected chi connectivity index (χ4v) is 1.83. The minimum Gasteiger partial charge on any atom is -0.392 e. The molecule has 1 heterocycles. The molecule has 0 spiro atoms. The first-order chi connectivity index (χ1) is 7.69. The van der Waals surface area contributed by atoms with Crippen LogP contribution >= 0.6 is 15.9 Å². The van der Waals surface area contributed by atoms with Crippen LogP contribution in [0.1, 0.15) is 11.1 Å². The zero-order chi connectivity index (χ0) is 11.5. The highest BCUT2D eigenvalue weighted by Gasteiger charge is 2.02. The molecule has 0 atom stereocenters. The zero-order valence-electron chi connectivity index (χ0n) is 8.40. The van der Waals surface area contributed by atoms with Gasteiger partial charge in [0.25, 0.3) is 0 Å². The normalized spacial score (nSPS) is 10.7. The van der Waals surface area contributed by atoms with Crippen LogP contribution in [0.25, 0.3) is 0 Å². The van der Waals surface area contributed by atoms with E-state index in [-0.39, 0.29) is 12.4 Å². The Kier molecular flexibility index (Phi) is 3.36. The van der Waals surface area contributed by atoms with Crippen molar-refractivity contribution >= 4 is 15.9 Å². The number of aromatic nitrogens is 2. The monoisotopic (exact) mass is 284 g/mol. The van der Waals surface area contributed by atoms with Crippen LogP contribution in [-0.2, 0) is 13.2 Å². The molecule has 2 rings (SSSR count). The van der Waals surface area contributed by atoms with Gasteiger partial charge in [-0.05, 0) is 33.6 Å². The van der Waals surface area contributed by atoms with E-state index in [9.17, 15) is 4.39 Å². The minimum absolute atomic E-state index is 0.0207. The van der Waals surface area contributed by atoms with Crippen molar-refractivity contribution in [2.75, 3.05) is 0 Å². The second-order valence-electron chi connectivity index (χ2n) is 3.45. The van der Waals surface area contributed by atoms with Crippen molar-refractivity contribution in [3.05, 3.63) is 52.0 Å². The van der Waals surface area contributed by atoms with E-state index in [4.69, 9.17) is 5.11 Å². The van der Waals surface area contributed by atoms with E-state index in [1.54, 1.807) is 29.2 Å². The average Bonchev–Trinajstić information content (AvgIpc) is 2.71. The SMILES string of the molecule is OCc1cnn(Cc2ccc(F)c(Br)c2)c1. The second-order valence-corrected chi connectivity index (χ2v) is 4.31. The van der Waals surface area contributed by atoms with Gasteiger partial charge in [0.05, 0.1) is 23.8 Å². The Labute approximate surface area is 101 Å². The first kappa shape index (κ1) is 11.3. The zero-order valence-corrected chi connectivity index (χ0v) is 9.98. The molecule has 0 bridgehead atoms. The summed E-state index contributed by atoms with van der Waals surface area (Å²) in [4.78, 5) is 0. The van der Waals surface area contributed by atoms with E-state index < -0.39 is 0 Å². The van der Waals surface area contributed by atoms with E-state index in [2.05, 4.69) is 21.0 Å². The van der Waals surface area contributed by atoms with E-state index in [0.717, 1.165) is 11.1 Å². The molecule has 3 nitrogen and oxygen atoms in total. The van der Waals surface area contributed by atoms with Crippen LogP contribution in [0.3, 0.4) is 0 Å². The highest BCUT2D eigenvalue weighted by atomic mass is 79.9. The van der Waals surface area contributed by atoms with Gasteiger partial charge < -0.3 is 5.11 Å². The fraction of sp³-hybridized carbons (Fsp3) is 0.182. The molecule has 1 N–H and O–H groups in total. The van der Waals surface area contributed by atoms with E-state index in [1.807, 2.05) is 0 Å². The molecule has 0 unspecified atom stereocenters. The van der Waals surface area contributed by atoms with Gasteiger partial charge in [0, 0.05) is 11.8 Å².